The van der Waals surface area contributed by atoms with Gasteiger partial charge < -0.3 is 14.7 Å². The van der Waals surface area contributed by atoms with Crippen LogP contribution in [0, 0.1) is 6.92 Å². The largest absolute Gasteiger partial charge is 0.334 e. The molecule has 1 aliphatic carbocycles. The first-order valence-electron chi connectivity index (χ1n) is 27.9. The zero-order chi connectivity index (χ0) is 52.9. The lowest BCUT2D eigenvalue weighted by Crippen LogP contribution is -2.62. The van der Waals surface area contributed by atoms with Crippen LogP contribution >= 0.6 is 0 Å². The second kappa shape index (κ2) is 16.8. The molecule has 0 N–H and O–H groups in total. The monoisotopic (exact) mass is 976 g/mol. The van der Waals surface area contributed by atoms with Crippen LogP contribution in [0.15, 0.2) is 140 Å². The number of rotatable bonds is 4. The summed E-state index contributed by atoms with van der Waals surface area (Å²) in [6.07, 6.45) is 4.64. The molecular formula is C70H82BN3. The minimum absolute atomic E-state index is 0.000226. The summed E-state index contributed by atoms with van der Waals surface area (Å²) in [6.45, 7) is 40.2. The molecule has 0 saturated heterocycles. The number of fused-ring (bicyclic) bond motifs is 7. The van der Waals surface area contributed by atoms with Crippen molar-refractivity contribution in [3.8, 4) is 0 Å². The average molecular weight is 976 g/mol. The first kappa shape index (κ1) is 50.2. The van der Waals surface area contributed by atoms with Gasteiger partial charge in [-0.05, 0) is 169 Å². The van der Waals surface area contributed by atoms with E-state index in [9.17, 15) is 0 Å². The van der Waals surface area contributed by atoms with Gasteiger partial charge in [-0.2, -0.15) is 0 Å². The van der Waals surface area contributed by atoms with Crippen LogP contribution in [0.4, 0.5) is 45.5 Å². The molecule has 1 saturated carbocycles. The van der Waals surface area contributed by atoms with Crippen molar-refractivity contribution in [2.75, 3.05) is 14.7 Å². The number of hydrogen-bond acceptors (Lipinski definition) is 3. The van der Waals surface area contributed by atoms with Crippen molar-refractivity contribution in [3.63, 3.8) is 0 Å². The Morgan fingerprint density at radius 3 is 1.51 bits per heavy atom. The van der Waals surface area contributed by atoms with Gasteiger partial charge >= 0.3 is 0 Å². The van der Waals surface area contributed by atoms with E-state index in [0.717, 1.165) is 12.8 Å². The zero-order valence-electron chi connectivity index (χ0n) is 48.0. The third kappa shape index (κ3) is 7.73. The van der Waals surface area contributed by atoms with E-state index >= 15 is 0 Å². The minimum Gasteiger partial charge on any atom is -0.334 e. The highest BCUT2D eigenvalue weighted by atomic mass is 15.3. The normalized spacial score (nSPS) is 19.5. The summed E-state index contributed by atoms with van der Waals surface area (Å²) in [5, 5.41) is 0. The van der Waals surface area contributed by atoms with Crippen molar-refractivity contribution in [1.29, 1.82) is 0 Å². The van der Waals surface area contributed by atoms with Crippen LogP contribution < -0.4 is 31.1 Å². The molecule has 74 heavy (non-hydrogen) atoms. The Hall–Kier alpha value is -6.00. The van der Waals surface area contributed by atoms with Crippen LogP contribution in [0.3, 0.4) is 0 Å². The summed E-state index contributed by atoms with van der Waals surface area (Å²) in [4.78, 5) is 8.11. The fraction of sp³-hybridized carbons (Fsp3) is 0.400. The van der Waals surface area contributed by atoms with Crippen molar-refractivity contribution in [1.82, 2.24) is 0 Å². The van der Waals surface area contributed by atoms with Gasteiger partial charge in [0.25, 0.3) is 6.71 Å². The molecule has 3 aliphatic heterocycles. The van der Waals surface area contributed by atoms with Crippen molar-refractivity contribution in [2.45, 2.75) is 181 Å². The van der Waals surface area contributed by atoms with Gasteiger partial charge in [0.2, 0.25) is 0 Å². The minimum atomic E-state index is -0.210. The molecule has 7 aromatic carbocycles. The van der Waals surface area contributed by atoms with Crippen LogP contribution in [0.1, 0.15) is 181 Å². The Labute approximate surface area is 446 Å². The van der Waals surface area contributed by atoms with E-state index in [0.29, 0.717) is 0 Å². The van der Waals surface area contributed by atoms with Crippen molar-refractivity contribution in [3.05, 3.63) is 184 Å². The van der Waals surface area contributed by atoms with Gasteiger partial charge in [0, 0.05) is 50.9 Å². The molecule has 380 valence electrons. The summed E-state index contributed by atoms with van der Waals surface area (Å²) in [5.74, 6) is 0. The summed E-state index contributed by atoms with van der Waals surface area (Å²) in [7, 11) is 0. The molecule has 4 aliphatic rings. The second-order valence-electron chi connectivity index (χ2n) is 28.2. The number of aryl methyl sites for hydroxylation is 1. The quantitative estimate of drug-likeness (QED) is 0.163. The van der Waals surface area contributed by atoms with E-state index in [4.69, 9.17) is 0 Å². The molecule has 0 amide bonds. The smallest absolute Gasteiger partial charge is 0.252 e. The maximum absolute atomic E-state index is 2.81. The van der Waals surface area contributed by atoms with Crippen LogP contribution in [0.25, 0.3) is 0 Å². The molecule has 3 heterocycles. The molecule has 2 atom stereocenters. The lowest BCUT2D eigenvalue weighted by molar-refractivity contribution is 0.215. The lowest BCUT2D eigenvalue weighted by Gasteiger charge is -2.52. The highest BCUT2D eigenvalue weighted by molar-refractivity contribution is 7.00. The summed E-state index contributed by atoms with van der Waals surface area (Å²) < 4.78 is 0. The lowest BCUT2D eigenvalue weighted by atomic mass is 9.33. The van der Waals surface area contributed by atoms with E-state index in [-0.39, 0.29) is 44.7 Å². The number of benzene rings is 7. The first-order valence-corrected chi connectivity index (χ1v) is 27.9. The van der Waals surface area contributed by atoms with Gasteiger partial charge in [0.05, 0.1) is 5.54 Å². The van der Waals surface area contributed by atoms with Gasteiger partial charge in [-0.15, -0.1) is 0 Å². The van der Waals surface area contributed by atoms with Crippen molar-refractivity contribution >= 4 is 68.6 Å². The van der Waals surface area contributed by atoms with Gasteiger partial charge in [-0.1, -0.05) is 202 Å². The molecule has 7 aromatic rings. The maximum atomic E-state index is 2.81. The maximum Gasteiger partial charge on any atom is 0.252 e. The molecule has 0 spiro atoms. The Morgan fingerprint density at radius 2 is 0.919 bits per heavy atom. The van der Waals surface area contributed by atoms with Gasteiger partial charge in [0.15, 0.2) is 0 Å². The molecule has 1 fully saturated rings. The SMILES string of the molecule is Cc1cc(C(C)(C)C)ccc1N1c2ccc(C(C)(C)C)cc2B2c3ccc(N4c5ccc(C(C)(C)C)cc5C5(c6ccccc6)CCCCC45C)cc3N(c3ccc(C(C)(C)C)cc3)c3cc(C(C)(C)C)cc1c32. The Balaban J connectivity index is 1.23. The van der Waals surface area contributed by atoms with Crippen LogP contribution in [0.2, 0.25) is 0 Å². The fourth-order valence-corrected chi connectivity index (χ4v) is 13.7. The summed E-state index contributed by atoms with van der Waals surface area (Å²) >= 11 is 0. The van der Waals surface area contributed by atoms with E-state index in [1.165, 1.54) is 119 Å². The topological polar surface area (TPSA) is 9.72 Å². The summed E-state index contributed by atoms with van der Waals surface area (Å²) in [6, 6.07) is 56.0. The molecule has 0 aromatic heterocycles. The third-order valence-corrected chi connectivity index (χ3v) is 18.0. The number of anilines is 8. The third-order valence-electron chi connectivity index (χ3n) is 18.0. The van der Waals surface area contributed by atoms with E-state index in [2.05, 4.69) is 272 Å². The Bertz CT molecular complexity index is 3350. The molecule has 0 radical (unpaired) electrons. The highest BCUT2D eigenvalue weighted by Gasteiger charge is 2.61. The Kier molecular flexibility index (Phi) is 11.4. The molecule has 11 rings (SSSR count). The molecule has 0 bridgehead atoms. The number of nitrogens with zero attached hydrogens (tertiary/aromatic N) is 3. The van der Waals surface area contributed by atoms with E-state index < -0.39 is 0 Å². The molecule has 4 heteroatoms. The van der Waals surface area contributed by atoms with Gasteiger partial charge in [-0.25, -0.2) is 0 Å². The van der Waals surface area contributed by atoms with Gasteiger partial charge in [0.1, 0.15) is 0 Å². The van der Waals surface area contributed by atoms with Crippen LogP contribution in [0.5, 0.6) is 0 Å². The first-order chi connectivity index (χ1) is 34.6. The molecule has 3 nitrogen and oxygen atoms in total. The highest BCUT2D eigenvalue weighted by Crippen LogP contribution is 2.64. The van der Waals surface area contributed by atoms with Crippen molar-refractivity contribution < 1.29 is 0 Å². The Morgan fingerprint density at radius 1 is 0.405 bits per heavy atom. The predicted octanol–water partition coefficient (Wildman–Crippen LogP) is 17.3. The average Bonchev–Trinajstić information content (AvgIpc) is 3.66. The standard InChI is InChI=1S/C70H82BN3/c1-45-39-48(65(5,6)7)27-34-57(45)73-59-36-29-50(67(11,12)13)41-56(59)71-55-33-32-53(44-60(55)72(52-30-25-46(26-31-52)64(2,3)4)61-42-51(68(14,15)16)43-62(73)63(61)71)74-58-35-28-49(66(8,9)10)40-54(58)70(47-23-19-18-20-24-47)38-22-21-37-69(70,74)17/h18-20,23-36,39-44H,21-22,37-38H2,1-17H3. The number of hydrogen-bond donors (Lipinski definition) is 0. The molecule has 2 unspecified atom stereocenters. The predicted molar refractivity (Wildman–Crippen MR) is 321 cm³/mol. The van der Waals surface area contributed by atoms with E-state index in [1.54, 1.807) is 0 Å². The summed E-state index contributed by atoms with van der Waals surface area (Å²) in [5.41, 5.74) is 24.7. The van der Waals surface area contributed by atoms with Crippen molar-refractivity contribution in [2.24, 2.45) is 0 Å². The van der Waals surface area contributed by atoms with Crippen LogP contribution in [-0.2, 0) is 32.5 Å². The van der Waals surface area contributed by atoms with Crippen LogP contribution in [-0.4, -0.2) is 12.3 Å². The second-order valence-corrected chi connectivity index (χ2v) is 28.2. The van der Waals surface area contributed by atoms with E-state index in [1.807, 2.05) is 0 Å². The van der Waals surface area contributed by atoms with Gasteiger partial charge in [-0.3, -0.25) is 0 Å². The molecular weight excluding hydrogens is 894 g/mol. The fourth-order valence-electron chi connectivity index (χ4n) is 13.7. The zero-order valence-corrected chi connectivity index (χ0v) is 48.0.